The van der Waals surface area contributed by atoms with Gasteiger partial charge in [0.1, 0.15) is 36.6 Å². The van der Waals surface area contributed by atoms with Crippen LogP contribution in [-0.2, 0) is 75.5 Å². The number of aliphatic hydroxyl groups is 5. The highest BCUT2D eigenvalue weighted by Gasteiger charge is 2.67. The largest absolute Gasteiger partial charge is 0.481 e. The highest BCUT2D eigenvalue weighted by Crippen LogP contribution is 2.65. The average molecular weight is 1450 g/mol. The SMILES string of the molecule is O=C(Cn1c(=O)ccn([C@@H]2O[C@H](COP(=O)(O)OP(=O)(O)O)[C@@H](O)[C@H]2O)c1=O)c1ccccc1.O=c1[nH]c(=O)n([C@@H]2O[C@H](COP(=O)(O)OP(=O)(O)O)[C@@H](O)[C@H]2O)cc1I.O=c1ccn([C@]23C[C@H](O)[C@@H](COP(=O)(O)OP(=O)(O)O)[C@@H]2C3)c(=O)[nH]1. The summed E-state index contributed by atoms with van der Waals surface area (Å²) in [4.78, 5) is 167. The van der Waals surface area contributed by atoms with Gasteiger partial charge in [-0.3, -0.25) is 61.0 Å². The van der Waals surface area contributed by atoms with E-state index in [1.54, 1.807) is 40.8 Å². The van der Waals surface area contributed by atoms with Crippen LogP contribution >= 0.6 is 69.5 Å². The van der Waals surface area contributed by atoms with Crippen LogP contribution in [-0.4, -0.2) is 166 Å². The molecule has 8 rings (SSSR count). The van der Waals surface area contributed by atoms with Crippen molar-refractivity contribution in [1.29, 1.82) is 0 Å². The molecule has 16 N–H and O–H groups in total. The zero-order valence-electron chi connectivity index (χ0n) is 42.1. The number of carbonyl (C=O) groups is 1. The van der Waals surface area contributed by atoms with Gasteiger partial charge in [0.25, 0.3) is 16.7 Å². The first-order chi connectivity index (χ1) is 39.0. The number of H-pyrrole nitrogens is 2. The molecule has 15 atom stereocenters. The maximum Gasteiger partial charge on any atom is 0.481 e. The van der Waals surface area contributed by atoms with Gasteiger partial charge in [0.2, 0.25) is 0 Å². The van der Waals surface area contributed by atoms with Crippen molar-refractivity contribution in [2.24, 2.45) is 11.8 Å². The zero-order chi connectivity index (χ0) is 63.7. The monoisotopic (exact) mass is 1450 g/mol. The first kappa shape index (κ1) is 70.2. The van der Waals surface area contributed by atoms with E-state index in [1.165, 1.54) is 29.0 Å². The molecule has 3 aromatic heterocycles. The molecule has 48 heteroatoms. The molecule has 4 fully saturated rings. The molecule has 2 saturated carbocycles. The van der Waals surface area contributed by atoms with Gasteiger partial charge in [-0.2, -0.15) is 12.9 Å². The van der Waals surface area contributed by atoms with Gasteiger partial charge < -0.3 is 79.0 Å². The molecule has 41 nitrogen and oxygen atoms in total. The Morgan fingerprint density at radius 2 is 1.09 bits per heavy atom. The maximum absolute atomic E-state index is 12.9. The molecule has 3 unspecified atom stereocenters. The summed E-state index contributed by atoms with van der Waals surface area (Å²) in [7, 11) is -31.4. The third kappa shape index (κ3) is 18.6. The summed E-state index contributed by atoms with van der Waals surface area (Å²) in [6, 6.07) is 9.98. The van der Waals surface area contributed by atoms with Crippen LogP contribution in [0.1, 0.15) is 35.7 Å². The number of hydrogen-bond acceptors (Lipinski definition) is 26. The van der Waals surface area contributed by atoms with Crippen LogP contribution in [0.4, 0.5) is 0 Å². The Labute approximate surface area is 483 Å². The van der Waals surface area contributed by atoms with E-state index < -0.39 is 179 Å². The molecule has 5 heterocycles. The van der Waals surface area contributed by atoms with E-state index in [-0.39, 0.29) is 21.5 Å². The molecule has 4 aliphatic rings. The number of nitrogens with zero attached hydrogens (tertiary/aromatic N) is 4. The minimum atomic E-state index is -5.38. The van der Waals surface area contributed by atoms with E-state index in [2.05, 4.69) is 31.5 Å². The number of Topliss-reactive ketones (excluding diaryl/α,β-unsaturated/α-hetero) is 1. The number of nitrogens with one attached hydrogen (secondary N) is 2. The van der Waals surface area contributed by atoms with Crippen LogP contribution in [0, 0.1) is 15.4 Å². The summed E-state index contributed by atoms with van der Waals surface area (Å²) >= 11 is 1.62. The lowest BCUT2D eigenvalue weighted by Crippen LogP contribution is -2.44. The number of hydrogen-bond donors (Lipinski definition) is 16. The highest BCUT2D eigenvalue weighted by atomic mass is 127. The Balaban J connectivity index is 0.000000207. The van der Waals surface area contributed by atoms with Gasteiger partial charge >= 0.3 is 64.0 Å². The highest BCUT2D eigenvalue weighted by molar-refractivity contribution is 14.1. The van der Waals surface area contributed by atoms with Crippen molar-refractivity contribution in [2.75, 3.05) is 19.8 Å². The minimum absolute atomic E-state index is 0.0853. The third-order valence-electron chi connectivity index (χ3n) is 12.5. The molecule has 0 bridgehead atoms. The maximum atomic E-state index is 12.9. The Morgan fingerprint density at radius 3 is 1.58 bits per heavy atom. The smallest absolute Gasteiger partial charge is 0.393 e. The molecule has 474 valence electrons. The van der Waals surface area contributed by atoms with Crippen molar-refractivity contribution in [3.8, 4) is 0 Å². The Morgan fingerprint density at radius 1 is 0.612 bits per heavy atom. The van der Waals surface area contributed by atoms with Crippen LogP contribution in [0.15, 0.2) is 89.8 Å². The van der Waals surface area contributed by atoms with Gasteiger partial charge in [0.15, 0.2) is 18.2 Å². The van der Waals surface area contributed by atoms with E-state index in [1.807, 2.05) is 4.98 Å². The standard InChI is InChI=1S/C17H20N2O13P2.C11H16N2O10P2.C9H13IN2O12P2/c20-11(10-4-2-1-3-5-10)8-19-13(21)6-7-18(17(19)24)16-15(23)14(22)12(31-16)9-30-34(28,29)32-33(25,26)27;14-8-4-11(13-2-1-9(15)12-10(13)16)3-7(11)6(8)5-22-25(20,21)23-24(17,18)19;10-3-1-12(9(16)11-7(3)15)8-6(14)5(13)4(23-8)2-22-26(20,21)24-25(17,18)19/h1-7,12,14-16,22-23H,8-9H2,(H,28,29)(H2,25,26,27);1-2,6-8,14H,3-5H2,(H,20,21)(H,12,15,16)(H2,17,18,19);1,4-6,8,13-14H,2H2,(H,20,21)(H,11,15,16)(H2,17,18,19)/t12-,14-,15-,16-;6-,7-,8-,11+;4-,5-,6-,8-/m101/s1. The van der Waals surface area contributed by atoms with Crippen molar-refractivity contribution in [1.82, 2.24) is 28.2 Å². The number of ether oxygens (including phenoxy) is 2. The number of aromatic nitrogens is 6. The number of rotatable bonds is 21. The second-order valence-corrected chi connectivity index (χ2v) is 27.9. The quantitative estimate of drug-likeness (QED) is 0.0213. The molecular formula is C37H49IN6O35P6. The number of aromatic amines is 2. The van der Waals surface area contributed by atoms with Gasteiger partial charge in [-0.05, 0) is 41.4 Å². The number of fused-ring (bicyclic) bond motifs is 1. The summed E-state index contributed by atoms with van der Waals surface area (Å²) in [5.41, 5.74) is -5.12. The summed E-state index contributed by atoms with van der Waals surface area (Å²) in [5, 5.41) is 50.6. The Kier molecular flexibility index (Phi) is 22.4. The number of carbonyl (C=O) groups excluding carboxylic acids is 1. The van der Waals surface area contributed by atoms with Crippen molar-refractivity contribution < 1.29 is 138 Å². The molecule has 0 radical (unpaired) electrons. The second kappa shape index (κ2) is 27.1. The van der Waals surface area contributed by atoms with Crippen LogP contribution in [0.5, 0.6) is 0 Å². The van der Waals surface area contributed by atoms with Crippen LogP contribution in [0.3, 0.4) is 0 Å². The number of ketones is 1. The predicted octanol–water partition coefficient (Wildman–Crippen LogP) is -4.42. The fraction of sp³-hybridized carbons (Fsp3) is 0.486. The van der Waals surface area contributed by atoms with Gasteiger partial charge in [0.05, 0.1) is 41.6 Å². The van der Waals surface area contributed by atoms with E-state index in [0.29, 0.717) is 11.0 Å². The summed E-state index contributed by atoms with van der Waals surface area (Å²) in [6.07, 6.45) is -9.94. The molecule has 1 aromatic carbocycles. The number of halogens is 1. The molecule has 0 spiro atoms. The minimum Gasteiger partial charge on any atom is -0.393 e. The lowest BCUT2D eigenvalue weighted by molar-refractivity contribution is -0.0547. The normalized spacial score (nSPS) is 28.6. The van der Waals surface area contributed by atoms with E-state index >= 15 is 0 Å². The van der Waals surface area contributed by atoms with Gasteiger partial charge in [-0.15, -0.1) is 0 Å². The number of benzene rings is 1. The molecular weight excluding hydrogens is 1400 g/mol. The molecule has 0 amide bonds. The lowest BCUT2D eigenvalue weighted by Gasteiger charge is -2.19. The molecule has 85 heavy (non-hydrogen) atoms. The number of phosphoric ester groups is 3. The first-order valence-electron chi connectivity index (χ1n) is 23.2. The average Bonchev–Trinajstić information content (AvgIpc) is 1.55. The zero-order valence-corrected chi connectivity index (χ0v) is 49.6. The summed E-state index contributed by atoms with van der Waals surface area (Å²) < 4.78 is 105. The van der Waals surface area contributed by atoms with Gasteiger partial charge in [-0.25, -0.2) is 41.8 Å². The van der Waals surface area contributed by atoms with Crippen LogP contribution in [0.25, 0.3) is 0 Å². The number of aliphatic hydroxyl groups excluding tert-OH is 5. The van der Waals surface area contributed by atoms with Crippen molar-refractivity contribution in [3.63, 3.8) is 0 Å². The van der Waals surface area contributed by atoms with Gasteiger partial charge in [0, 0.05) is 42.2 Å². The van der Waals surface area contributed by atoms with E-state index in [0.717, 1.165) is 27.6 Å². The molecule has 4 aromatic rings. The predicted molar refractivity (Wildman–Crippen MR) is 280 cm³/mol. The van der Waals surface area contributed by atoms with Crippen molar-refractivity contribution in [2.45, 2.75) is 80.1 Å². The van der Waals surface area contributed by atoms with Crippen LogP contribution in [0.2, 0.25) is 0 Å². The van der Waals surface area contributed by atoms with E-state index in [9.17, 15) is 101 Å². The van der Waals surface area contributed by atoms with E-state index in [4.69, 9.17) is 38.8 Å². The van der Waals surface area contributed by atoms with Crippen LogP contribution < -0.4 is 33.7 Å². The Bertz CT molecular complexity index is 3780. The second-order valence-electron chi connectivity index (χ2n) is 18.3. The summed E-state index contributed by atoms with van der Waals surface area (Å²) in [6.45, 7) is -2.98. The third-order valence-corrected chi connectivity index (χ3v) is 19.7. The molecule has 2 aliphatic heterocycles. The Hall–Kier alpha value is -3.84. The van der Waals surface area contributed by atoms with Crippen molar-refractivity contribution >= 4 is 75.3 Å². The molecule has 2 aliphatic carbocycles. The fourth-order valence-corrected chi connectivity index (χ4v) is 14.1. The number of phosphoric acid groups is 6. The van der Waals surface area contributed by atoms with Crippen molar-refractivity contribution in [3.05, 3.63) is 133 Å². The first-order valence-corrected chi connectivity index (χ1v) is 33.4. The van der Waals surface area contributed by atoms with Gasteiger partial charge in [-0.1, -0.05) is 30.3 Å². The fourth-order valence-electron chi connectivity index (χ4n) is 8.82. The lowest BCUT2D eigenvalue weighted by atomic mass is 10.0. The topological polar surface area (TPSA) is 630 Å². The summed E-state index contributed by atoms with van der Waals surface area (Å²) in [5.74, 6) is -1.44. The molecule has 2 saturated heterocycles.